The summed E-state index contributed by atoms with van der Waals surface area (Å²) in [6.07, 6.45) is 2.32. The van der Waals surface area contributed by atoms with E-state index in [2.05, 4.69) is 10.3 Å². The van der Waals surface area contributed by atoms with Crippen LogP contribution >= 0.6 is 11.6 Å². The molecular formula is C21H24ClN3O3. The van der Waals surface area contributed by atoms with Gasteiger partial charge in [0.1, 0.15) is 5.82 Å². The van der Waals surface area contributed by atoms with E-state index in [9.17, 15) is 14.7 Å². The van der Waals surface area contributed by atoms with Crippen molar-refractivity contribution in [1.29, 1.82) is 0 Å². The molecule has 2 heterocycles. The second-order valence-electron chi connectivity index (χ2n) is 7.38. The van der Waals surface area contributed by atoms with Gasteiger partial charge in [-0.3, -0.25) is 9.59 Å². The van der Waals surface area contributed by atoms with Crippen molar-refractivity contribution in [3.05, 3.63) is 58.7 Å². The molecule has 1 saturated heterocycles. The van der Waals surface area contributed by atoms with Gasteiger partial charge in [0.25, 0.3) is 5.91 Å². The highest BCUT2D eigenvalue weighted by atomic mass is 35.5. The quantitative estimate of drug-likeness (QED) is 0.821. The predicted molar refractivity (Wildman–Crippen MR) is 108 cm³/mol. The Bertz CT molecular complexity index is 877. The lowest BCUT2D eigenvalue weighted by Gasteiger charge is -2.39. The van der Waals surface area contributed by atoms with Crippen molar-refractivity contribution < 1.29 is 14.7 Å². The summed E-state index contributed by atoms with van der Waals surface area (Å²) in [4.78, 5) is 30.5. The van der Waals surface area contributed by atoms with E-state index in [0.29, 0.717) is 47.9 Å². The molecule has 3 rings (SSSR count). The first-order chi connectivity index (χ1) is 13.3. The lowest BCUT2D eigenvalue weighted by Crippen LogP contribution is -2.45. The fourth-order valence-electron chi connectivity index (χ4n) is 3.27. The number of amides is 2. The Kier molecular flexibility index (Phi) is 6.01. The molecule has 0 unspecified atom stereocenters. The normalized spacial score (nSPS) is 16.1. The van der Waals surface area contributed by atoms with Gasteiger partial charge in [-0.2, -0.15) is 0 Å². The fraction of sp³-hybridized carbons (Fsp3) is 0.381. The third-order valence-corrected chi connectivity index (χ3v) is 5.37. The van der Waals surface area contributed by atoms with Crippen molar-refractivity contribution >= 4 is 29.2 Å². The number of carbonyl (C=O) groups excluding carboxylic acids is 2. The van der Waals surface area contributed by atoms with Gasteiger partial charge in [-0.15, -0.1) is 0 Å². The molecule has 0 aliphatic carbocycles. The van der Waals surface area contributed by atoms with Crippen LogP contribution in [0.25, 0.3) is 0 Å². The number of benzene rings is 1. The van der Waals surface area contributed by atoms with Gasteiger partial charge in [-0.1, -0.05) is 43.6 Å². The highest BCUT2D eigenvalue weighted by Gasteiger charge is 2.36. The third kappa shape index (κ3) is 4.34. The Labute approximate surface area is 169 Å². The van der Waals surface area contributed by atoms with E-state index >= 15 is 0 Å². The number of carbonyl (C=O) groups is 2. The number of rotatable bonds is 4. The smallest absolute Gasteiger partial charge is 0.254 e. The summed E-state index contributed by atoms with van der Waals surface area (Å²) in [6, 6.07) is 10.5. The molecule has 0 spiro atoms. The summed E-state index contributed by atoms with van der Waals surface area (Å²) in [5.41, 5.74) is 0.118. The van der Waals surface area contributed by atoms with Gasteiger partial charge < -0.3 is 15.3 Å². The van der Waals surface area contributed by atoms with E-state index in [1.165, 1.54) is 6.20 Å². The highest BCUT2D eigenvalue weighted by molar-refractivity contribution is 6.31. The number of aromatic nitrogens is 1. The molecule has 7 heteroatoms. The highest BCUT2D eigenvalue weighted by Crippen LogP contribution is 2.37. The van der Waals surface area contributed by atoms with Crippen LogP contribution in [0, 0.1) is 5.92 Å². The molecule has 2 aromatic rings. The van der Waals surface area contributed by atoms with Crippen molar-refractivity contribution in [3.8, 4) is 0 Å². The van der Waals surface area contributed by atoms with Crippen molar-refractivity contribution in [2.24, 2.45) is 5.92 Å². The van der Waals surface area contributed by atoms with E-state index in [1.807, 2.05) is 18.2 Å². The van der Waals surface area contributed by atoms with Crippen molar-refractivity contribution in [3.63, 3.8) is 0 Å². The Hall–Kier alpha value is -2.44. The molecule has 2 amide bonds. The molecule has 148 valence electrons. The standard InChI is InChI=1S/C21H24ClN3O3/c1-14(2)19(26)24-18-13-15(7-10-23-18)20(27)25-11-8-21(28,9-12-25)16-5-3-4-6-17(16)22/h3-7,10,13-14,28H,8-9,11-12H2,1-2H3,(H,23,24,26). The van der Waals surface area contributed by atoms with Crippen LogP contribution in [0.2, 0.25) is 5.02 Å². The molecule has 28 heavy (non-hydrogen) atoms. The lowest BCUT2D eigenvalue weighted by atomic mass is 9.84. The predicted octanol–water partition coefficient (Wildman–Crippen LogP) is 3.45. The van der Waals surface area contributed by atoms with Gasteiger partial charge in [0.2, 0.25) is 5.91 Å². The molecule has 1 aliphatic heterocycles. The number of nitrogens with zero attached hydrogens (tertiary/aromatic N) is 2. The lowest BCUT2D eigenvalue weighted by molar-refractivity contribution is -0.118. The zero-order valence-electron chi connectivity index (χ0n) is 16.0. The minimum absolute atomic E-state index is 0.149. The molecular weight excluding hydrogens is 378 g/mol. The number of nitrogens with one attached hydrogen (secondary N) is 1. The molecule has 0 saturated carbocycles. The maximum Gasteiger partial charge on any atom is 0.254 e. The maximum absolute atomic E-state index is 12.9. The Balaban J connectivity index is 1.69. The first kappa shape index (κ1) is 20.3. The average Bonchev–Trinajstić information content (AvgIpc) is 2.68. The van der Waals surface area contributed by atoms with Crippen molar-refractivity contribution in [1.82, 2.24) is 9.88 Å². The number of aliphatic hydroxyl groups is 1. The second kappa shape index (κ2) is 8.29. The number of piperidine rings is 1. The summed E-state index contributed by atoms with van der Waals surface area (Å²) in [7, 11) is 0. The van der Waals surface area contributed by atoms with Gasteiger partial charge in [0.05, 0.1) is 5.60 Å². The van der Waals surface area contributed by atoms with E-state index in [1.54, 1.807) is 36.9 Å². The summed E-state index contributed by atoms with van der Waals surface area (Å²) in [5, 5.41) is 14.2. The molecule has 1 fully saturated rings. The third-order valence-electron chi connectivity index (χ3n) is 5.04. The van der Waals surface area contributed by atoms with Gasteiger partial charge in [-0.25, -0.2) is 4.98 Å². The van der Waals surface area contributed by atoms with E-state index in [0.717, 1.165) is 0 Å². The Morgan fingerprint density at radius 1 is 1.21 bits per heavy atom. The van der Waals surface area contributed by atoms with Crippen molar-refractivity contribution in [2.45, 2.75) is 32.3 Å². The summed E-state index contributed by atoms with van der Waals surface area (Å²) in [6.45, 7) is 4.41. The van der Waals surface area contributed by atoms with Crippen LogP contribution in [-0.2, 0) is 10.4 Å². The zero-order valence-corrected chi connectivity index (χ0v) is 16.7. The average molecular weight is 402 g/mol. The number of hydrogen-bond donors (Lipinski definition) is 2. The molecule has 1 aromatic carbocycles. The summed E-state index contributed by atoms with van der Waals surface area (Å²) < 4.78 is 0. The largest absolute Gasteiger partial charge is 0.385 e. The molecule has 1 aromatic heterocycles. The second-order valence-corrected chi connectivity index (χ2v) is 7.78. The molecule has 1 aliphatic rings. The van der Waals surface area contributed by atoms with Crippen LogP contribution < -0.4 is 5.32 Å². The van der Waals surface area contributed by atoms with Crippen LogP contribution in [-0.4, -0.2) is 39.9 Å². The minimum Gasteiger partial charge on any atom is -0.385 e. The van der Waals surface area contributed by atoms with Gasteiger partial charge >= 0.3 is 0 Å². The molecule has 2 N–H and O–H groups in total. The monoisotopic (exact) mass is 401 g/mol. The minimum atomic E-state index is -1.04. The SMILES string of the molecule is CC(C)C(=O)Nc1cc(C(=O)N2CCC(O)(c3ccccc3Cl)CC2)ccn1. The van der Waals surface area contributed by atoms with Crippen LogP contribution in [0.5, 0.6) is 0 Å². The van der Waals surface area contributed by atoms with Gasteiger partial charge in [-0.05, 0) is 31.0 Å². The van der Waals surface area contributed by atoms with E-state index in [-0.39, 0.29) is 17.7 Å². The van der Waals surface area contributed by atoms with Crippen molar-refractivity contribution in [2.75, 3.05) is 18.4 Å². The maximum atomic E-state index is 12.9. The van der Waals surface area contributed by atoms with E-state index < -0.39 is 5.60 Å². The van der Waals surface area contributed by atoms with Crippen LogP contribution in [0.3, 0.4) is 0 Å². The van der Waals surface area contributed by atoms with Crippen LogP contribution in [0.1, 0.15) is 42.6 Å². The first-order valence-corrected chi connectivity index (χ1v) is 9.71. The van der Waals surface area contributed by atoms with Gasteiger partial charge in [0, 0.05) is 41.4 Å². The number of pyridine rings is 1. The fourth-order valence-corrected chi connectivity index (χ4v) is 3.58. The molecule has 0 bridgehead atoms. The Morgan fingerprint density at radius 3 is 2.54 bits per heavy atom. The van der Waals surface area contributed by atoms with Crippen LogP contribution in [0.15, 0.2) is 42.6 Å². The van der Waals surface area contributed by atoms with Crippen LogP contribution in [0.4, 0.5) is 5.82 Å². The topological polar surface area (TPSA) is 82.5 Å². The molecule has 0 radical (unpaired) electrons. The Morgan fingerprint density at radius 2 is 1.89 bits per heavy atom. The number of hydrogen-bond acceptors (Lipinski definition) is 4. The van der Waals surface area contributed by atoms with Gasteiger partial charge in [0.15, 0.2) is 0 Å². The summed E-state index contributed by atoms with van der Waals surface area (Å²) in [5.74, 6) is -0.122. The number of likely N-dealkylation sites (tertiary alicyclic amines) is 1. The number of halogens is 1. The molecule has 0 atom stereocenters. The zero-order chi connectivity index (χ0) is 20.3. The number of anilines is 1. The summed E-state index contributed by atoms with van der Waals surface area (Å²) >= 11 is 6.24. The van der Waals surface area contributed by atoms with E-state index in [4.69, 9.17) is 11.6 Å². The molecule has 6 nitrogen and oxygen atoms in total. The first-order valence-electron chi connectivity index (χ1n) is 9.34.